The zero-order chi connectivity index (χ0) is 8.55. The smallest absolute Gasteiger partial charge is 0.218 e. The van der Waals surface area contributed by atoms with Gasteiger partial charge in [-0.05, 0) is 24.8 Å². The SMILES string of the molecule is O[C@@H](c1cccnc1F)C1CC1. The van der Waals surface area contributed by atoms with Crippen LogP contribution in [0.15, 0.2) is 18.3 Å². The van der Waals surface area contributed by atoms with Crippen LogP contribution in [0.4, 0.5) is 4.39 Å². The van der Waals surface area contributed by atoms with Crippen LogP contribution in [0, 0.1) is 11.9 Å². The number of aliphatic hydroxyl groups excluding tert-OH is 1. The van der Waals surface area contributed by atoms with Crippen molar-refractivity contribution in [2.75, 3.05) is 0 Å². The minimum atomic E-state index is -0.654. The largest absolute Gasteiger partial charge is 0.388 e. The van der Waals surface area contributed by atoms with E-state index in [2.05, 4.69) is 4.98 Å². The van der Waals surface area contributed by atoms with Crippen LogP contribution < -0.4 is 0 Å². The van der Waals surface area contributed by atoms with Crippen LogP contribution in [-0.2, 0) is 0 Å². The van der Waals surface area contributed by atoms with Gasteiger partial charge in [0.2, 0.25) is 5.95 Å². The van der Waals surface area contributed by atoms with Gasteiger partial charge in [0, 0.05) is 11.8 Å². The van der Waals surface area contributed by atoms with Crippen LogP contribution in [0.25, 0.3) is 0 Å². The molecule has 2 rings (SSSR count). The predicted octanol–water partition coefficient (Wildman–Crippen LogP) is 1.66. The fourth-order valence-corrected chi connectivity index (χ4v) is 1.28. The van der Waals surface area contributed by atoms with E-state index in [4.69, 9.17) is 0 Å². The Morgan fingerprint density at radius 1 is 1.58 bits per heavy atom. The molecule has 1 fully saturated rings. The molecule has 1 aromatic heterocycles. The van der Waals surface area contributed by atoms with Gasteiger partial charge in [-0.25, -0.2) is 4.98 Å². The molecule has 1 saturated carbocycles. The molecule has 1 heterocycles. The monoisotopic (exact) mass is 167 g/mol. The quantitative estimate of drug-likeness (QED) is 0.679. The Bertz CT molecular complexity index is 286. The Balaban J connectivity index is 2.25. The van der Waals surface area contributed by atoms with E-state index in [0.29, 0.717) is 5.56 Å². The van der Waals surface area contributed by atoms with Crippen LogP contribution in [0.5, 0.6) is 0 Å². The van der Waals surface area contributed by atoms with Gasteiger partial charge in [-0.3, -0.25) is 0 Å². The van der Waals surface area contributed by atoms with Gasteiger partial charge >= 0.3 is 0 Å². The molecule has 12 heavy (non-hydrogen) atoms. The number of halogens is 1. The van der Waals surface area contributed by atoms with Gasteiger partial charge < -0.3 is 5.11 Å². The summed E-state index contributed by atoms with van der Waals surface area (Å²) < 4.78 is 13.0. The zero-order valence-corrected chi connectivity index (χ0v) is 6.57. The normalized spacial score (nSPS) is 19.2. The van der Waals surface area contributed by atoms with Gasteiger partial charge in [0.05, 0.1) is 6.10 Å². The Kier molecular flexibility index (Phi) is 1.81. The van der Waals surface area contributed by atoms with Crippen LogP contribution in [0.2, 0.25) is 0 Å². The first kappa shape index (κ1) is 7.68. The van der Waals surface area contributed by atoms with Crippen molar-refractivity contribution in [2.45, 2.75) is 18.9 Å². The number of pyridine rings is 1. The summed E-state index contributed by atoms with van der Waals surface area (Å²) in [6, 6.07) is 3.23. The second-order valence-corrected chi connectivity index (χ2v) is 3.17. The predicted molar refractivity (Wildman–Crippen MR) is 41.9 cm³/mol. The highest BCUT2D eigenvalue weighted by atomic mass is 19.1. The van der Waals surface area contributed by atoms with Gasteiger partial charge in [0.1, 0.15) is 0 Å². The molecule has 0 aliphatic heterocycles. The summed E-state index contributed by atoms with van der Waals surface area (Å²) >= 11 is 0. The van der Waals surface area contributed by atoms with Crippen LogP contribution in [-0.4, -0.2) is 10.1 Å². The van der Waals surface area contributed by atoms with E-state index in [-0.39, 0.29) is 5.92 Å². The van der Waals surface area contributed by atoms with Gasteiger partial charge in [-0.1, -0.05) is 6.07 Å². The van der Waals surface area contributed by atoms with Crippen molar-refractivity contribution in [3.63, 3.8) is 0 Å². The highest BCUT2D eigenvalue weighted by Gasteiger charge is 2.32. The van der Waals surface area contributed by atoms with Crippen molar-refractivity contribution < 1.29 is 9.50 Å². The third-order valence-corrected chi connectivity index (χ3v) is 2.18. The molecule has 0 radical (unpaired) electrons. The number of aromatic nitrogens is 1. The molecule has 64 valence electrons. The van der Waals surface area contributed by atoms with Crippen LogP contribution in [0.3, 0.4) is 0 Å². The summed E-state index contributed by atoms with van der Waals surface area (Å²) in [7, 11) is 0. The maximum atomic E-state index is 13.0. The summed E-state index contributed by atoms with van der Waals surface area (Å²) in [6.07, 6.45) is 2.72. The van der Waals surface area contributed by atoms with Crippen LogP contribution >= 0.6 is 0 Å². The molecular weight excluding hydrogens is 157 g/mol. The summed E-state index contributed by atoms with van der Waals surface area (Å²) in [5, 5.41) is 9.56. The molecule has 1 aliphatic rings. The average molecular weight is 167 g/mol. The van der Waals surface area contributed by atoms with E-state index in [1.807, 2.05) is 0 Å². The Hall–Kier alpha value is -0.960. The van der Waals surface area contributed by atoms with E-state index in [1.54, 1.807) is 12.1 Å². The fourth-order valence-electron chi connectivity index (χ4n) is 1.28. The maximum absolute atomic E-state index is 13.0. The lowest BCUT2D eigenvalue weighted by atomic mass is 10.1. The standard InChI is InChI=1S/C9H10FNO/c10-9-7(2-1-5-11-9)8(12)6-3-4-6/h1-2,5-6,8,12H,3-4H2/t8-/m1/s1. The lowest BCUT2D eigenvalue weighted by Crippen LogP contribution is -2.03. The molecule has 1 N–H and O–H groups in total. The van der Waals surface area contributed by atoms with Gasteiger partial charge in [0.25, 0.3) is 0 Å². The van der Waals surface area contributed by atoms with Gasteiger partial charge in [-0.2, -0.15) is 4.39 Å². The Labute approximate surface area is 70.1 Å². The molecule has 1 atom stereocenters. The van der Waals surface area contributed by atoms with Crippen molar-refractivity contribution >= 4 is 0 Å². The number of rotatable bonds is 2. The van der Waals surface area contributed by atoms with Crippen molar-refractivity contribution in [2.24, 2.45) is 5.92 Å². The van der Waals surface area contributed by atoms with E-state index >= 15 is 0 Å². The molecule has 0 spiro atoms. The van der Waals surface area contributed by atoms with Gasteiger partial charge in [0.15, 0.2) is 0 Å². The molecule has 0 aromatic carbocycles. The minimum absolute atomic E-state index is 0.253. The van der Waals surface area contributed by atoms with E-state index < -0.39 is 12.1 Å². The molecule has 0 unspecified atom stereocenters. The third kappa shape index (κ3) is 1.32. The number of hydrogen-bond acceptors (Lipinski definition) is 2. The summed E-state index contributed by atoms with van der Waals surface area (Å²) in [5.74, 6) is -0.291. The molecule has 3 heteroatoms. The van der Waals surface area contributed by atoms with Crippen molar-refractivity contribution in [1.29, 1.82) is 0 Å². The minimum Gasteiger partial charge on any atom is -0.388 e. The van der Waals surface area contributed by atoms with E-state index in [9.17, 15) is 9.50 Å². The molecule has 0 bridgehead atoms. The third-order valence-electron chi connectivity index (χ3n) is 2.18. The topological polar surface area (TPSA) is 33.1 Å². The number of aliphatic hydroxyl groups is 1. The molecular formula is C9H10FNO. The summed E-state index contributed by atoms with van der Waals surface area (Å²) in [5.41, 5.74) is 0.333. The first-order valence-electron chi connectivity index (χ1n) is 4.07. The lowest BCUT2D eigenvalue weighted by molar-refractivity contribution is 0.148. The summed E-state index contributed by atoms with van der Waals surface area (Å²) in [6.45, 7) is 0. The maximum Gasteiger partial charge on any atom is 0.218 e. The van der Waals surface area contributed by atoms with Gasteiger partial charge in [-0.15, -0.1) is 0 Å². The summed E-state index contributed by atoms with van der Waals surface area (Å²) in [4.78, 5) is 3.48. The molecule has 1 aliphatic carbocycles. The molecule has 2 nitrogen and oxygen atoms in total. The first-order valence-corrected chi connectivity index (χ1v) is 4.07. The van der Waals surface area contributed by atoms with E-state index in [1.165, 1.54) is 6.20 Å². The lowest BCUT2D eigenvalue weighted by Gasteiger charge is -2.08. The van der Waals surface area contributed by atoms with Crippen molar-refractivity contribution in [3.8, 4) is 0 Å². The average Bonchev–Trinajstić information content (AvgIpc) is 2.86. The molecule has 0 amide bonds. The van der Waals surface area contributed by atoms with Crippen molar-refractivity contribution in [1.82, 2.24) is 4.98 Å². The van der Waals surface area contributed by atoms with Crippen LogP contribution in [0.1, 0.15) is 24.5 Å². The molecule has 0 saturated heterocycles. The fraction of sp³-hybridized carbons (Fsp3) is 0.444. The second kappa shape index (κ2) is 2.83. The number of hydrogen-bond donors (Lipinski definition) is 1. The molecule has 1 aromatic rings. The Morgan fingerprint density at radius 3 is 2.92 bits per heavy atom. The number of nitrogens with zero attached hydrogens (tertiary/aromatic N) is 1. The second-order valence-electron chi connectivity index (χ2n) is 3.17. The highest BCUT2D eigenvalue weighted by molar-refractivity contribution is 5.16. The first-order chi connectivity index (χ1) is 5.79. The van der Waals surface area contributed by atoms with E-state index in [0.717, 1.165) is 12.8 Å². The Morgan fingerprint density at radius 2 is 2.33 bits per heavy atom. The zero-order valence-electron chi connectivity index (χ0n) is 6.57. The highest BCUT2D eigenvalue weighted by Crippen LogP contribution is 2.41. The van der Waals surface area contributed by atoms with Crippen molar-refractivity contribution in [3.05, 3.63) is 29.8 Å².